The van der Waals surface area contributed by atoms with Gasteiger partial charge < -0.3 is 15.4 Å². The Bertz CT molecular complexity index is 1190. The molecule has 170 valence electrons. The van der Waals surface area contributed by atoms with Crippen molar-refractivity contribution in [2.75, 3.05) is 19.0 Å². The Balaban J connectivity index is 1.69. The van der Waals surface area contributed by atoms with Crippen molar-refractivity contribution in [1.82, 2.24) is 5.32 Å². The van der Waals surface area contributed by atoms with Crippen molar-refractivity contribution >= 4 is 23.7 Å². The normalized spacial score (nSPS) is 13.6. The topological polar surface area (TPSA) is 50.4 Å². The zero-order chi connectivity index (χ0) is 23.4. The number of hydrogen-bond acceptors (Lipinski definition) is 3. The number of methoxy groups -OCH3 is 1. The van der Waals surface area contributed by atoms with Gasteiger partial charge in [-0.3, -0.25) is 4.79 Å². The molecule has 0 spiro atoms. The molecular formula is C26H23F3N2O2. The van der Waals surface area contributed by atoms with E-state index in [1.807, 2.05) is 48.6 Å². The fraction of sp³-hybridized carbons (Fsp3) is 0.192. The summed E-state index contributed by atoms with van der Waals surface area (Å²) in [6, 6.07) is 16.8. The van der Waals surface area contributed by atoms with Crippen LogP contribution in [0.3, 0.4) is 0 Å². The monoisotopic (exact) mass is 452 g/mol. The lowest BCUT2D eigenvalue weighted by Gasteiger charge is -2.22. The molecule has 4 rings (SSSR count). The third-order valence-corrected chi connectivity index (χ3v) is 5.58. The van der Waals surface area contributed by atoms with Gasteiger partial charge in [-0.05, 0) is 53.9 Å². The maximum Gasteiger partial charge on any atom is 0.419 e. The molecule has 1 amide bonds. The van der Waals surface area contributed by atoms with Gasteiger partial charge >= 0.3 is 6.18 Å². The molecule has 0 saturated carbocycles. The van der Waals surface area contributed by atoms with Gasteiger partial charge in [-0.15, -0.1) is 0 Å². The largest absolute Gasteiger partial charge is 0.496 e. The summed E-state index contributed by atoms with van der Waals surface area (Å²) in [6.45, 7) is 1.51. The van der Waals surface area contributed by atoms with Crippen LogP contribution in [0.15, 0.2) is 60.7 Å². The molecule has 3 aromatic carbocycles. The van der Waals surface area contributed by atoms with Gasteiger partial charge in [0.05, 0.1) is 12.7 Å². The molecule has 0 aromatic heterocycles. The molecule has 0 unspecified atom stereocenters. The minimum absolute atomic E-state index is 0.100. The van der Waals surface area contributed by atoms with Crippen molar-refractivity contribution < 1.29 is 22.7 Å². The molecule has 0 fully saturated rings. The molecule has 3 aromatic rings. The Hall–Kier alpha value is -3.58. The number of halogens is 3. The van der Waals surface area contributed by atoms with Crippen molar-refractivity contribution in [3.8, 4) is 5.75 Å². The summed E-state index contributed by atoms with van der Waals surface area (Å²) in [5, 5.41) is 6.15. The number of ether oxygens (including phenoxy) is 1. The van der Waals surface area contributed by atoms with Crippen molar-refractivity contribution in [2.24, 2.45) is 0 Å². The van der Waals surface area contributed by atoms with Gasteiger partial charge in [0, 0.05) is 23.4 Å². The molecule has 1 aliphatic heterocycles. The molecule has 4 nitrogen and oxygen atoms in total. The van der Waals surface area contributed by atoms with E-state index in [0.717, 1.165) is 48.9 Å². The van der Waals surface area contributed by atoms with E-state index in [1.54, 1.807) is 6.07 Å². The molecule has 7 heteroatoms. The van der Waals surface area contributed by atoms with E-state index in [1.165, 1.54) is 11.6 Å². The lowest BCUT2D eigenvalue weighted by atomic mass is 9.93. The van der Waals surface area contributed by atoms with Gasteiger partial charge in [0.1, 0.15) is 5.75 Å². The van der Waals surface area contributed by atoms with E-state index in [0.29, 0.717) is 12.2 Å². The summed E-state index contributed by atoms with van der Waals surface area (Å²) in [6.07, 6.45) is 0.118. The fourth-order valence-corrected chi connectivity index (χ4v) is 3.90. The van der Waals surface area contributed by atoms with Gasteiger partial charge in [-0.25, -0.2) is 0 Å². The number of amides is 1. The third-order valence-electron chi connectivity index (χ3n) is 5.58. The number of alkyl halides is 3. The van der Waals surface area contributed by atoms with Crippen LogP contribution in [-0.4, -0.2) is 19.6 Å². The number of fused-ring (bicyclic) bond motifs is 1. The van der Waals surface area contributed by atoms with E-state index in [-0.39, 0.29) is 11.3 Å². The van der Waals surface area contributed by atoms with Gasteiger partial charge in [0.15, 0.2) is 0 Å². The summed E-state index contributed by atoms with van der Waals surface area (Å²) in [5.74, 6) is -0.952. The van der Waals surface area contributed by atoms with E-state index in [4.69, 9.17) is 4.74 Å². The summed E-state index contributed by atoms with van der Waals surface area (Å²) >= 11 is 0. The number of benzene rings is 3. The molecule has 0 bridgehead atoms. The van der Waals surface area contributed by atoms with E-state index in [9.17, 15) is 18.0 Å². The standard InChI is InChI=1S/C26H23F3N2O2/c1-33-24-12-9-19(15-22(24)26(27,28)29)25(32)31-23-11-8-18-13-14-30-16-21(18)20(23)10-7-17-5-3-2-4-6-17/h2-12,15,30H,13-14,16H2,1H3,(H,31,32). The fourth-order valence-electron chi connectivity index (χ4n) is 3.90. The van der Waals surface area contributed by atoms with E-state index < -0.39 is 17.6 Å². The van der Waals surface area contributed by atoms with Crippen molar-refractivity contribution in [3.05, 3.63) is 94.0 Å². The first-order valence-corrected chi connectivity index (χ1v) is 10.5. The van der Waals surface area contributed by atoms with Crippen LogP contribution in [0.2, 0.25) is 0 Å². The molecule has 33 heavy (non-hydrogen) atoms. The lowest BCUT2D eigenvalue weighted by Crippen LogP contribution is -2.25. The number of anilines is 1. The first-order valence-electron chi connectivity index (χ1n) is 10.5. The van der Waals surface area contributed by atoms with E-state index in [2.05, 4.69) is 10.6 Å². The third kappa shape index (κ3) is 5.09. The number of carbonyl (C=O) groups excluding carboxylic acids is 1. The van der Waals surface area contributed by atoms with Crippen LogP contribution in [0.1, 0.15) is 38.2 Å². The predicted molar refractivity (Wildman–Crippen MR) is 123 cm³/mol. The summed E-state index contributed by atoms with van der Waals surface area (Å²) < 4.78 is 45.0. The quantitative estimate of drug-likeness (QED) is 0.483. The highest BCUT2D eigenvalue weighted by Crippen LogP contribution is 2.37. The Morgan fingerprint density at radius 1 is 1.06 bits per heavy atom. The number of carbonyl (C=O) groups is 1. The second kappa shape index (κ2) is 9.50. The molecule has 1 heterocycles. The molecule has 0 saturated heterocycles. The zero-order valence-corrected chi connectivity index (χ0v) is 18.0. The first-order chi connectivity index (χ1) is 15.9. The van der Waals surface area contributed by atoms with Crippen LogP contribution in [0, 0.1) is 0 Å². The molecule has 1 aliphatic rings. The van der Waals surface area contributed by atoms with Crippen LogP contribution in [0.4, 0.5) is 18.9 Å². The van der Waals surface area contributed by atoms with Crippen molar-refractivity contribution in [3.63, 3.8) is 0 Å². The molecule has 0 aliphatic carbocycles. The second-order valence-electron chi connectivity index (χ2n) is 7.70. The molecular weight excluding hydrogens is 429 g/mol. The highest BCUT2D eigenvalue weighted by atomic mass is 19.4. The maximum absolute atomic E-state index is 13.4. The Morgan fingerprint density at radius 3 is 2.58 bits per heavy atom. The minimum atomic E-state index is -4.64. The average molecular weight is 452 g/mol. The first kappa shape index (κ1) is 22.6. The maximum atomic E-state index is 13.4. The Kier molecular flexibility index (Phi) is 6.51. The minimum Gasteiger partial charge on any atom is -0.496 e. The smallest absolute Gasteiger partial charge is 0.419 e. The molecule has 0 atom stereocenters. The summed E-state index contributed by atoms with van der Waals surface area (Å²) in [4.78, 5) is 12.9. The number of hydrogen-bond donors (Lipinski definition) is 2. The Labute approximate surface area is 190 Å². The molecule has 2 N–H and O–H groups in total. The van der Waals surface area contributed by atoms with Gasteiger partial charge in [-0.1, -0.05) is 48.6 Å². The van der Waals surface area contributed by atoms with Gasteiger partial charge in [0.25, 0.3) is 5.91 Å². The van der Waals surface area contributed by atoms with Gasteiger partial charge in [-0.2, -0.15) is 13.2 Å². The summed E-state index contributed by atoms with van der Waals surface area (Å²) in [5.41, 5.74) is 3.54. The highest BCUT2D eigenvalue weighted by Gasteiger charge is 2.35. The van der Waals surface area contributed by atoms with Gasteiger partial charge in [0.2, 0.25) is 0 Å². The van der Waals surface area contributed by atoms with Crippen LogP contribution in [0.5, 0.6) is 5.75 Å². The van der Waals surface area contributed by atoms with E-state index >= 15 is 0 Å². The van der Waals surface area contributed by atoms with Crippen LogP contribution in [0.25, 0.3) is 12.2 Å². The van der Waals surface area contributed by atoms with Crippen molar-refractivity contribution in [2.45, 2.75) is 19.1 Å². The number of rotatable bonds is 5. The SMILES string of the molecule is COc1ccc(C(=O)Nc2ccc3c(c2C=Cc2ccccc2)CNCC3)cc1C(F)(F)F. The van der Waals surface area contributed by atoms with Crippen LogP contribution >= 0.6 is 0 Å². The molecule has 0 radical (unpaired) electrons. The number of nitrogens with one attached hydrogen (secondary N) is 2. The Morgan fingerprint density at radius 2 is 1.85 bits per heavy atom. The summed E-state index contributed by atoms with van der Waals surface area (Å²) in [7, 11) is 1.16. The van der Waals surface area contributed by atoms with Crippen LogP contribution < -0.4 is 15.4 Å². The van der Waals surface area contributed by atoms with Crippen LogP contribution in [-0.2, 0) is 19.1 Å². The lowest BCUT2D eigenvalue weighted by molar-refractivity contribution is -0.138. The highest BCUT2D eigenvalue weighted by molar-refractivity contribution is 6.06. The second-order valence-corrected chi connectivity index (χ2v) is 7.70. The predicted octanol–water partition coefficient (Wildman–Crippen LogP) is 5.78. The van der Waals surface area contributed by atoms with Crippen molar-refractivity contribution in [1.29, 1.82) is 0 Å². The zero-order valence-electron chi connectivity index (χ0n) is 18.0. The average Bonchev–Trinajstić information content (AvgIpc) is 2.83.